The number of pyridine rings is 1. The molecule has 0 aliphatic heterocycles. The van der Waals surface area contributed by atoms with E-state index in [0.717, 1.165) is 5.56 Å². The van der Waals surface area contributed by atoms with Gasteiger partial charge in [-0.25, -0.2) is 4.79 Å². The lowest BCUT2D eigenvalue weighted by molar-refractivity contribution is -0.385. The molecule has 30 heavy (non-hydrogen) atoms. The summed E-state index contributed by atoms with van der Waals surface area (Å²) in [6.45, 7) is 0. The predicted molar refractivity (Wildman–Crippen MR) is 115 cm³/mol. The maximum atomic E-state index is 13.2. The summed E-state index contributed by atoms with van der Waals surface area (Å²) in [5.41, 5.74) is 1.67. The molecular weight excluding hydrogens is 380 g/mol. The van der Waals surface area contributed by atoms with Gasteiger partial charge in [-0.1, -0.05) is 66.7 Å². The number of benzene rings is 3. The minimum Gasteiger partial charge on any atom is -0.413 e. The lowest BCUT2D eigenvalue weighted by Crippen LogP contribution is -2.12. The molecule has 0 aliphatic rings. The number of ether oxygens (including phenoxy) is 1. The summed E-state index contributed by atoms with van der Waals surface area (Å²) in [5.74, 6) is -0.871. The molecule has 0 unspecified atom stereocenters. The number of esters is 1. The monoisotopic (exact) mass is 396 g/mol. The van der Waals surface area contributed by atoms with Crippen molar-refractivity contribution in [3.05, 3.63) is 112 Å². The average Bonchev–Trinajstić information content (AvgIpc) is 2.78. The minimum atomic E-state index is -0.702. The summed E-state index contributed by atoms with van der Waals surface area (Å²) in [7, 11) is 0. The first-order valence-corrected chi connectivity index (χ1v) is 9.20. The van der Waals surface area contributed by atoms with E-state index in [0.29, 0.717) is 10.9 Å². The minimum absolute atomic E-state index is 0.169. The summed E-state index contributed by atoms with van der Waals surface area (Å²) in [6.07, 6.45) is 3.20. The number of aromatic nitrogens is 1. The Morgan fingerprint density at radius 3 is 2.30 bits per heavy atom. The van der Waals surface area contributed by atoms with E-state index in [9.17, 15) is 14.9 Å². The van der Waals surface area contributed by atoms with Crippen molar-refractivity contribution in [2.45, 2.75) is 0 Å². The lowest BCUT2D eigenvalue weighted by Gasteiger charge is -2.11. The van der Waals surface area contributed by atoms with E-state index in [-0.39, 0.29) is 22.5 Å². The molecule has 0 fully saturated rings. The first kappa shape index (κ1) is 19.0. The molecule has 0 atom stereocenters. The highest BCUT2D eigenvalue weighted by atomic mass is 16.6. The second-order valence-corrected chi connectivity index (χ2v) is 6.47. The fourth-order valence-corrected chi connectivity index (χ4v) is 3.09. The van der Waals surface area contributed by atoms with Crippen LogP contribution >= 0.6 is 0 Å². The molecule has 6 nitrogen and oxygen atoms in total. The highest BCUT2D eigenvalue weighted by molar-refractivity contribution is 6.22. The Bertz CT molecular complexity index is 1250. The summed E-state index contributed by atoms with van der Waals surface area (Å²) in [5, 5.41) is 12.2. The molecule has 0 radical (unpaired) electrons. The molecule has 0 spiro atoms. The van der Waals surface area contributed by atoms with Gasteiger partial charge in [0.1, 0.15) is 5.52 Å². The third-order valence-corrected chi connectivity index (χ3v) is 4.51. The van der Waals surface area contributed by atoms with Gasteiger partial charge in [0.15, 0.2) is 0 Å². The number of hydrogen-bond acceptors (Lipinski definition) is 5. The zero-order chi connectivity index (χ0) is 20.9. The van der Waals surface area contributed by atoms with Crippen molar-refractivity contribution >= 4 is 34.2 Å². The first-order valence-electron chi connectivity index (χ1n) is 9.20. The maximum Gasteiger partial charge on any atom is 0.344 e. The average molecular weight is 396 g/mol. The molecule has 4 rings (SSSR count). The van der Waals surface area contributed by atoms with Gasteiger partial charge in [-0.2, -0.15) is 0 Å². The molecule has 0 amide bonds. The topological polar surface area (TPSA) is 82.3 Å². The van der Waals surface area contributed by atoms with Crippen LogP contribution in [-0.4, -0.2) is 15.9 Å². The van der Waals surface area contributed by atoms with Crippen molar-refractivity contribution in [3.8, 4) is 5.75 Å². The SMILES string of the molecule is O=C(Oc1c([N+](=O)[O-])ccc2cccnc12)/C(=C/c1ccccc1)c1ccccc1. The van der Waals surface area contributed by atoms with Gasteiger partial charge >= 0.3 is 11.7 Å². The predicted octanol–water partition coefficient (Wildman–Crippen LogP) is 5.29. The van der Waals surface area contributed by atoms with E-state index >= 15 is 0 Å². The van der Waals surface area contributed by atoms with Crippen LogP contribution in [0.1, 0.15) is 11.1 Å². The molecule has 4 aromatic rings. The third-order valence-electron chi connectivity index (χ3n) is 4.51. The van der Waals surface area contributed by atoms with Crippen molar-refractivity contribution in [2.75, 3.05) is 0 Å². The quantitative estimate of drug-likeness (QED) is 0.114. The summed E-state index contributed by atoms with van der Waals surface area (Å²) < 4.78 is 5.60. The molecule has 1 heterocycles. The van der Waals surface area contributed by atoms with Crippen LogP contribution in [0.25, 0.3) is 22.6 Å². The van der Waals surface area contributed by atoms with Crippen LogP contribution in [0.5, 0.6) is 5.75 Å². The molecular formula is C24H16N2O4. The Labute approximate surface area is 172 Å². The van der Waals surface area contributed by atoms with E-state index in [1.807, 2.05) is 48.5 Å². The Morgan fingerprint density at radius 1 is 0.900 bits per heavy atom. The molecule has 6 heteroatoms. The van der Waals surface area contributed by atoms with Crippen LogP contribution in [0.4, 0.5) is 5.69 Å². The van der Waals surface area contributed by atoms with Gasteiger partial charge in [0.2, 0.25) is 5.75 Å². The van der Waals surface area contributed by atoms with Crippen molar-refractivity contribution in [3.63, 3.8) is 0 Å². The van der Waals surface area contributed by atoms with Gasteiger partial charge in [-0.15, -0.1) is 0 Å². The largest absolute Gasteiger partial charge is 0.413 e. The Balaban J connectivity index is 1.82. The standard InChI is InChI=1S/C24H16N2O4/c27-24(20(18-10-5-2-6-11-18)16-17-8-3-1-4-9-17)30-23-21(26(28)29)14-13-19-12-7-15-25-22(19)23/h1-16H/b20-16+. The second kappa shape index (κ2) is 8.36. The van der Waals surface area contributed by atoms with Crippen LogP contribution in [0.3, 0.4) is 0 Å². The number of rotatable bonds is 5. The number of hydrogen-bond donors (Lipinski definition) is 0. The van der Waals surface area contributed by atoms with Gasteiger partial charge in [0.05, 0.1) is 10.5 Å². The number of nitro benzene ring substituents is 1. The third kappa shape index (κ3) is 3.93. The molecule has 3 aromatic carbocycles. The highest BCUT2D eigenvalue weighted by Crippen LogP contribution is 2.35. The highest BCUT2D eigenvalue weighted by Gasteiger charge is 2.24. The fraction of sp³-hybridized carbons (Fsp3) is 0. The number of nitro groups is 1. The molecule has 0 N–H and O–H groups in total. The molecule has 146 valence electrons. The number of fused-ring (bicyclic) bond motifs is 1. The van der Waals surface area contributed by atoms with E-state index < -0.39 is 10.9 Å². The van der Waals surface area contributed by atoms with Crippen LogP contribution in [-0.2, 0) is 4.79 Å². The molecule has 0 saturated carbocycles. The summed E-state index contributed by atoms with van der Waals surface area (Å²) in [4.78, 5) is 28.4. The molecule has 1 aromatic heterocycles. The zero-order valence-corrected chi connectivity index (χ0v) is 15.8. The van der Waals surface area contributed by atoms with Crippen LogP contribution in [0.15, 0.2) is 91.1 Å². The second-order valence-electron chi connectivity index (χ2n) is 6.47. The number of carbonyl (C=O) groups excluding carboxylic acids is 1. The zero-order valence-electron chi connectivity index (χ0n) is 15.8. The van der Waals surface area contributed by atoms with Crippen LogP contribution < -0.4 is 4.74 Å². The van der Waals surface area contributed by atoms with Crippen molar-refractivity contribution < 1.29 is 14.5 Å². The van der Waals surface area contributed by atoms with Crippen LogP contribution in [0, 0.1) is 10.1 Å². The number of carbonyl (C=O) groups is 1. The maximum absolute atomic E-state index is 13.2. The van der Waals surface area contributed by atoms with Gasteiger partial charge < -0.3 is 4.74 Å². The van der Waals surface area contributed by atoms with Crippen LogP contribution in [0.2, 0.25) is 0 Å². The molecule has 0 saturated heterocycles. The Hall–Kier alpha value is -4.32. The van der Waals surface area contributed by atoms with E-state index in [4.69, 9.17) is 4.74 Å². The summed E-state index contributed by atoms with van der Waals surface area (Å²) in [6, 6.07) is 24.7. The fourth-order valence-electron chi connectivity index (χ4n) is 3.09. The smallest absolute Gasteiger partial charge is 0.344 e. The van der Waals surface area contributed by atoms with Gasteiger partial charge in [-0.05, 0) is 29.3 Å². The molecule has 0 bridgehead atoms. The van der Waals surface area contributed by atoms with Gasteiger partial charge in [-0.3, -0.25) is 15.1 Å². The van der Waals surface area contributed by atoms with Crippen molar-refractivity contribution in [1.29, 1.82) is 0 Å². The molecule has 0 aliphatic carbocycles. The lowest BCUT2D eigenvalue weighted by atomic mass is 10.0. The summed E-state index contributed by atoms with van der Waals surface area (Å²) >= 11 is 0. The van der Waals surface area contributed by atoms with Gasteiger partial charge in [0, 0.05) is 17.6 Å². The Morgan fingerprint density at radius 2 is 1.60 bits per heavy atom. The van der Waals surface area contributed by atoms with Crippen molar-refractivity contribution in [2.24, 2.45) is 0 Å². The Kier molecular flexibility index (Phi) is 5.30. The van der Waals surface area contributed by atoms with E-state index in [1.54, 1.807) is 36.4 Å². The van der Waals surface area contributed by atoms with E-state index in [2.05, 4.69) is 4.98 Å². The van der Waals surface area contributed by atoms with Gasteiger partial charge in [0.25, 0.3) is 0 Å². The van der Waals surface area contributed by atoms with Crippen molar-refractivity contribution in [1.82, 2.24) is 4.98 Å². The normalized spacial score (nSPS) is 11.3. The first-order chi connectivity index (χ1) is 14.6. The van der Waals surface area contributed by atoms with E-state index in [1.165, 1.54) is 12.3 Å². The number of nitrogens with zero attached hydrogens (tertiary/aromatic N) is 2.